The molecule has 4 heteroatoms. The van der Waals surface area contributed by atoms with E-state index in [-0.39, 0.29) is 12.4 Å². The summed E-state index contributed by atoms with van der Waals surface area (Å²) in [4.78, 5) is 2.32. The smallest absolute Gasteiger partial charge is 0.229 e. The molecule has 2 unspecified atom stereocenters. The number of likely N-dealkylation sites (tertiary alicyclic amines) is 1. The molecule has 0 aromatic rings. The summed E-state index contributed by atoms with van der Waals surface area (Å²) in [5.74, 6) is 0.515. The van der Waals surface area contributed by atoms with Gasteiger partial charge < -0.3 is 19.1 Å². The third kappa shape index (κ3) is 1.92. The molecule has 4 nitrogen and oxygen atoms in total. The van der Waals surface area contributed by atoms with E-state index in [1.165, 1.54) is 12.8 Å². The van der Waals surface area contributed by atoms with Gasteiger partial charge in [-0.3, -0.25) is 0 Å². The van der Waals surface area contributed by atoms with E-state index >= 15 is 0 Å². The highest BCUT2D eigenvalue weighted by Crippen LogP contribution is 2.38. The van der Waals surface area contributed by atoms with Gasteiger partial charge in [-0.2, -0.15) is 0 Å². The van der Waals surface area contributed by atoms with Gasteiger partial charge >= 0.3 is 0 Å². The Balaban J connectivity index is 1.63. The average Bonchev–Trinajstić information content (AvgIpc) is 2.80. The maximum absolute atomic E-state index is 5.76. The Kier molecular flexibility index (Phi) is 2.37. The molecule has 3 aliphatic heterocycles. The molecule has 0 amide bonds. The molecule has 0 aromatic heterocycles. The number of hydrogen-bond donors (Lipinski definition) is 0. The van der Waals surface area contributed by atoms with Crippen molar-refractivity contribution in [3.63, 3.8) is 0 Å². The van der Waals surface area contributed by atoms with Crippen molar-refractivity contribution in [3.05, 3.63) is 12.0 Å². The third-order valence-electron chi connectivity index (χ3n) is 3.28. The monoisotopic (exact) mass is 225 g/mol. The maximum Gasteiger partial charge on any atom is 0.229 e. The highest BCUT2D eigenvalue weighted by atomic mass is 16.8. The van der Waals surface area contributed by atoms with Crippen LogP contribution in [0.1, 0.15) is 33.1 Å². The Morgan fingerprint density at radius 3 is 2.69 bits per heavy atom. The number of rotatable bonds is 1. The van der Waals surface area contributed by atoms with Gasteiger partial charge in [0.05, 0.1) is 0 Å². The Morgan fingerprint density at radius 1 is 1.25 bits per heavy atom. The van der Waals surface area contributed by atoms with E-state index in [0.717, 1.165) is 25.3 Å². The molecular weight excluding hydrogens is 206 g/mol. The van der Waals surface area contributed by atoms with Crippen LogP contribution in [0.4, 0.5) is 0 Å². The number of nitrogens with zero attached hydrogens (tertiary/aromatic N) is 1. The van der Waals surface area contributed by atoms with Crippen molar-refractivity contribution in [3.8, 4) is 0 Å². The van der Waals surface area contributed by atoms with E-state index in [1.54, 1.807) is 0 Å². The van der Waals surface area contributed by atoms with Crippen molar-refractivity contribution < 1.29 is 14.2 Å². The van der Waals surface area contributed by atoms with Crippen LogP contribution in [0.25, 0.3) is 0 Å². The molecule has 3 fully saturated rings. The van der Waals surface area contributed by atoms with E-state index in [4.69, 9.17) is 14.2 Å². The minimum absolute atomic E-state index is 0.0730. The fourth-order valence-corrected chi connectivity index (χ4v) is 2.59. The zero-order valence-electron chi connectivity index (χ0n) is 9.94. The highest BCUT2D eigenvalue weighted by molar-refractivity contribution is 5.04. The van der Waals surface area contributed by atoms with E-state index in [2.05, 4.69) is 11.1 Å². The highest BCUT2D eigenvalue weighted by Gasteiger charge is 2.47. The molecule has 3 saturated heterocycles. The van der Waals surface area contributed by atoms with Crippen LogP contribution < -0.4 is 0 Å². The standard InChI is InChI=1S/C12H19NO3/c1-12(2)15-10-7-9(14-11(10)16-12)8-13-5-3-4-6-13/h8,10-11H,3-7H2,1-2H3. The van der Waals surface area contributed by atoms with Gasteiger partial charge in [-0.05, 0) is 26.7 Å². The summed E-state index contributed by atoms with van der Waals surface area (Å²) in [6, 6.07) is 0. The summed E-state index contributed by atoms with van der Waals surface area (Å²) >= 11 is 0. The molecule has 2 atom stereocenters. The molecule has 0 N–H and O–H groups in total. The van der Waals surface area contributed by atoms with E-state index in [9.17, 15) is 0 Å². The summed E-state index contributed by atoms with van der Waals surface area (Å²) in [6.45, 7) is 6.15. The minimum Gasteiger partial charge on any atom is -0.465 e. The second kappa shape index (κ2) is 3.64. The average molecular weight is 225 g/mol. The first-order valence-corrected chi connectivity index (χ1v) is 6.09. The Morgan fingerprint density at radius 2 is 2.00 bits per heavy atom. The number of hydrogen-bond acceptors (Lipinski definition) is 4. The van der Waals surface area contributed by atoms with Crippen molar-refractivity contribution >= 4 is 0 Å². The lowest BCUT2D eigenvalue weighted by molar-refractivity contribution is -0.183. The summed E-state index contributed by atoms with van der Waals surface area (Å²) in [6.07, 6.45) is 5.41. The van der Waals surface area contributed by atoms with Crippen molar-refractivity contribution in [1.82, 2.24) is 4.90 Å². The maximum atomic E-state index is 5.76. The number of ether oxygens (including phenoxy) is 3. The van der Waals surface area contributed by atoms with Crippen LogP contribution in [0.15, 0.2) is 12.0 Å². The summed E-state index contributed by atoms with van der Waals surface area (Å²) in [5.41, 5.74) is 0. The summed E-state index contributed by atoms with van der Waals surface area (Å²) in [5, 5.41) is 0. The van der Waals surface area contributed by atoms with Gasteiger partial charge in [0.25, 0.3) is 0 Å². The van der Waals surface area contributed by atoms with Crippen LogP contribution in [0, 0.1) is 0 Å². The quantitative estimate of drug-likeness (QED) is 0.681. The summed E-state index contributed by atoms with van der Waals surface area (Å²) < 4.78 is 17.2. The van der Waals surface area contributed by atoms with Gasteiger partial charge in [-0.15, -0.1) is 0 Å². The first kappa shape index (κ1) is 10.4. The van der Waals surface area contributed by atoms with Gasteiger partial charge in [-0.1, -0.05) is 0 Å². The van der Waals surface area contributed by atoms with Crippen LogP contribution in [0.3, 0.4) is 0 Å². The topological polar surface area (TPSA) is 30.9 Å². The molecular formula is C12H19NO3. The first-order valence-electron chi connectivity index (χ1n) is 6.09. The molecule has 0 aliphatic carbocycles. The normalized spacial score (nSPS) is 39.1. The molecule has 16 heavy (non-hydrogen) atoms. The fourth-order valence-electron chi connectivity index (χ4n) is 2.59. The molecule has 0 saturated carbocycles. The van der Waals surface area contributed by atoms with Crippen molar-refractivity contribution in [1.29, 1.82) is 0 Å². The zero-order chi connectivity index (χ0) is 11.2. The fraction of sp³-hybridized carbons (Fsp3) is 0.833. The van der Waals surface area contributed by atoms with Gasteiger partial charge in [0.15, 0.2) is 5.79 Å². The Bertz CT molecular complexity index is 289. The summed E-state index contributed by atoms with van der Waals surface area (Å²) in [7, 11) is 0. The van der Waals surface area contributed by atoms with Crippen LogP contribution >= 0.6 is 0 Å². The Labute approximate surface area is 96.1 Å². The largest absolute Gasteiger partial charge is 0.465 e. The van der Waals surface area contributed by atoms with Crippen LogP contribution in [0.2, 0.25) is 0 Å². The molecule has 3 rings (SSSR count). The molecule has 3 aliphatic rings. The second-order valence-corrected chi connectivity index (χ2v) is 5.20. The molecule has 90 valence electrons. The molecule has 3 heterocycles. The van der Waals surface area contributed by atoms with Crippen LogP contribution in [-0.2, 0) is 14.2 Å². The van der Waals surface area contributed by atoms with Gasteiger partial charge in [0.2, 0.25) is 6.29 Å². The lowest BCUT2D eigenvalue weighted by Crippen LogP contribution is -2.22. The van der Waals surface area contributed by atoms with Gasteiger partial charge in [0.1, 0.15) is 11.9 Å². The van der Waals surface area contributed by atoms with Gasteiger partial charge in [-0.25, -0.2) is 0 Å². The number of fused-ring (bicyclic) bond motifs is 1. The molecule has 0 aromatic carbocycles. The third-order valence-corrected chi connectivity index (χ3v) is 3.28. The van der Waals surface area contributed by atoms with Crippen molar-refractivity contribution in [2.45, 2.75) is 51.3 Å². The zero-order valence-corrected chi connectivity index (χ0v) is 9.94. The van der Waals surface area contributed by atoms with E-state index in [1.807, 2.05) is 13.8 Å². The molecule has 0 bridgehead atoms. The molecule has 0 spiro atoms. The predicted molar refractivity (Wildman–Crippen MR) is 58.4 cm³/mol. The first-order chi connectivity index (χ1) is 7.62. The van der Waals surface area contributed by atoms with Gasteiger partial charge in [0, 0.05) is 25.7 Å². The Hall–Kier alpha value is -0.740. The lowest BCUT2D eigenvalue weighted by Gasteiger charge is -2.19. The SMILES string of the molecule is CC1(C)OC2CC(=CN3CCCC3)OC2O1. The van der Waals surface area contributed by atoms with Crippen molar-refractivity contribution in [2.75, 3.05) is 13.1 Å². The van der Waals surface area contributed by atoms with E-state index in [0.29, 0.717) is 0 Å². The second-order valence-electron chi connectivity index (χ2n) is 5.20. The minimum atomic E-state index is -0.492. The van der Waals surface area contributed by atoms with Crippen molar-refractivity contribution in [2.24, 2.45) is 0 Å². The molecule has 0 radical (unpaired) electrons. The van der Waals surface area contributed by atoms with Crippen LogP contribution in [-0.4, -0.2) is 36.2 Å². The van der Waals surface area contributed by atoms with Crippen LogP contribution in [0.5, 0.6) is 0 Å². The predicted octanol–water partition coefficient (Wildman–Crippen LogP) is 1.82. The van der Waals surface area contributed by atoms with E-state index < -0.39 is 5.79 Å². The lowest BCUT2D eigenvalue weighted by atomic mass is 10.2.